The number of hydrogen-bond donors (Lipinski definition) is 0. The van der Waals surface area contributed by atoms with Crippen LogP contribution in [0.4, 0.5) is 4.39 Å². The summed E-state index contributed by atoms with van der Waals surface area (Å²) < 4.78 is 25.1. The quantitative estimate of drug-likeness (QED) is 0.725. The summed E-state index contributed by atoms with van der Waals surface area (Å²) in [7, 11) is 0. The Morgan fingerprint density at radius 3 is 3.00 bits per heavy atom. The van der Waals surface area contributed by atoms with Crippen LogP contribution in [0.1, 0.15) is 37.3 Å². The van der Waals surface area contributed by atoms with Crippen LogP contribution in [0.2, 0.25) is 0 Å². The van der Waals surface area contributed by atoms with Gasteiger partial charge in [0.25, 0.3) is 0 Å². The molecular formula is C24H28FNO3. The predicted octanol–water partition coefficient (Wildman–Crippen LogP) is 4.40. The topological polar surface area (TPSA) is 38.8 Å². The Balaban J connectivity index is 1.27. The number of nitrogens with zero attached hydrogens (tertiary/aromatic N) is 1. The number of halogens is 1. The summed E-state index contributed by atoms with van der Waals surface area (Å²) in [4.78, 5) is 14.7. The normalized spacial score (nSPS) is 20.8. The number of likely N-dealkylation sites (tertiary alicyclic amines) is 1. The Bertz CT molecular complexity index is 869. The molecule has 0 aliphatic carbocycles. The van der Waals surface area contributed by atoms with Crippen molar-refractivity contribution in [2.45, 2.75) is 45.1 Å². The van der Waals surface area contributed by atoms with Gasteiger partial charge in [-0.25, -0.2) is 4.39 Å². The van der Waals surface area contributed by atoms with E-state index < -0.39 is 0 Å². The minimum Gasteiger partial charge on any atom is -0.490 e. The highest BCUT2D eigenvalue weighted by atomic mass is 19.1. The highest BCUT2D eigenvalue weighted by Crippen LogP contribution is 2.30. The Hall–Kier alpha value is -2.56. The van der Waals surface area contributed by atoms with Crippen molar-refractivity contribution >= 4 is 5.91 Å². The molecule has 1 saturated heterocycles. The van der Waals surface area contributed by atoms with E-state index in [1.165, 1.54) is 17.2 Å². The van der Waals surface area contributed by atoms with Crippen LogP contribution < -0.4 is 9.47 Å². The number of hydrogen-bond acceptors (Lipinski definition) is 3. The van der Waals surface area contributed by atoms with Crippen LogP contribution in [0.25, 0.3) is 0 Å². The van der Waals surface area contributed by atoms with Crippen LogP contribution >= 0.6 is 0 Å². The van der Waals surface area contributed by atoms with Crippen LogP contribution in [-0.2, 0) is 17.6 Å². The van der Waals surface area contributed by atoms with E-state index >= 15 is 0 Å². The molecule has 4 nitrogen and oxygen atoms in total. The highest BCUT2D eigenvalue weighted by Gasteiger charge is 2.24. The summed E-state index contributed by atoms with van der Waals surface area (Å²) in [6, 6.07) is 12.7. The summed E-state index contributed by atoms with van der Waals surface area (Å²) >= 11 is 0. The first-order valence-corrected chi connectivity index (χ1v) is 10.5. The fourth-order valence-electron chi connectivity index (χ4n) is 4.24. The molecule has 2 aliphatic rings. The molecule has 29 heavy (non-hydrogen) atoms. The van der Waals surface area contributed by atoms with Crippen molar-refractivity contribution in [1.82, 2.24) is 4.90 Å². The van der Waals surface area contributed by atoms with Gasteiger partial charge in [0.05, 0.1) is 6.61 Å². The second-order valence-corrected chi connectivity index (χ2v) is 8.16. The van der Waals surface area contributed by atoms with Crippen LogP contribution in [0.3, 0.4) is 0 Å². The molecule has 2 aromatic rings. The fourth-order valence-corrected chi connectivity index (χ4v) is 4.24. The van der Waals surface area contributed by atoms with Crippen molar-refractivity contribution in [2.24, 2.45) is 5.92 Å². The number of para-hydroxylation sites is 1. The summed E-state index contributed by atoms with van der Waals surface area (Å²) in [6.07, 6.45) is 4.39. The van der Waals surface area contributed by atoms with Crippen molar-refractivity contribution < 1.29 is 18.7 Å². The Morgan fingerprint density at radius 1 is 1.28 bits per heavy atom. The van der Waals surface area contributed by atoms with Gasteiger partial charge >= 0.3 is 0 Å². The van der Waals surface area contributed by atoms with Crippen LogP contribution in [0.15, 0.2) is 42.5 Å². The largest absolute Gasteiger partial charge is 0.490 e. The molecule has 0 radical (unpaired) electrons. The standard InChI is InChI=1S/C24H28FNO3/c1-17-13-20-14-18(8-10-22(20)29-17)9-11-24(27)26-12-4-5-19(15-26)16-28-23-7-3-2-6-21(23)25/h2-3,6-8,10,14,17,19H,4-5,9,11-13,15-16H2,1H3/t17-,19+/m1/s1. The Morgan fingerprint density at radius 2 is 2.14 bits per heavy atom. The molecule has 0 N–H and O–H groups in total. The zero-order chi connectivity index (χ0) is 20.2. The van der Waals surface area contributed by atoms with Gasteiger partial charge in [0.15, 0.2) is 11.6 Å². The smallest absolute Gasteiger partial charge is 0.222 e. The van der Waals surface area contributed by atoms with Crippen molar-refractivity contribution in [3.63, 3.8) is 0 Å². The molecule has 4 rings (SSSR count). The van der Waals surface area contributed by atoms with Gasteiger partial charge in [-0.1, -0.05) is 24.3 Å². The molecular weight excluding hydrogens is 369 g/mol. The van der Waals surface area contributed by atoms with Crippen LogP contribution in [0, 0.1) is 11.7 Å². The number of fused-ring (bicyclic) bond motifs is 1. The van der Waals surface area contributed by atoms with Gasteiger partial charge in [0.2, 0.25) is 5.91 Å². The Labute approximate surface area is 171 Å². The van der Waals surface area contributed by atoms with Crippen LogP contribution in [-0.4, -0.2) is 36.6 Å². The molecule has 2 heterocycles. The average Bonchev–Trinajstić information content (AvgIpc) is 3.11. The van der Waals surface area contributed by atoms with Crippen LogP contribution in [0.5, 0.6) is 11.5 Å². The molecule has 0 unspecified atom stereocenters. The molecule has 1 amide bonds. The third-order valence-corrected chi connectivity index (χ3v) is 5.77. The van der Waals surface area contributed by atoms with Gasteiger partial charge in [-0.05, 0) is 55.5 Å². The Kier molecular flexibility index (Phi) is 6.02. The van der Waals surface area contributed by atoms with Gasteiger partial charge in [-0.15, -0.1) is 0 Å². The van der Waals surface area contributed by atoms with E-state index in [9.17, 15) is 9.18 Å². The van der Waals surface area contributed by atoms with E-state index in [4.69, 9.17) is 9.47 Å². The minimum atomic E-state index is -0.342. The highest BCUT2D eigenvalue weighted by molar-refractivity contribution is 5.76. The van der Waals surface area contributed by atoms with Crippen molar-refractivity contribution in [1.29, 1.82) is 0 Å². The van der Waals surface area contributed by atoms with Gasteiger partial charge in [-0.2, -0.15) is 0 Å². The second-order valence-electron chi connectivity index (χ2n) is 8.16. The van der Waals surface area contributed by atoms with E-state index in [-0.39, 0.29) is 29.5 Å². The van der Waals surface area contributed by atoms with E-state index in [0.29, 0.717) is 19.6 Å². The monoisotopic (exact) mass is 397 g/mol. The number of ether oxygens (including phenoxy) is 2. The second kappa shape index (κ2) is 8.85. The number of rotatable bonds is 6. The van der Waals surface area contributed by atoms with Crippen molar-refractivity contribution in [2.75, 3.05) is 19.7 Å². The molecule has 0 spiro atoms. The summed E-state index contributed by atoms with van der Waals surface area (Å²) in [5.41, 5.74) is 2.43. The van der Waals surface area contributed by atoms with Gasteiger partial charge in [0, 0.05) is 31.8 Å². The first kappa shape index (κ1) is 19.7. The lowest BCUT2D eigenvalue weighted by atomic mass is 9.98. The number of benzene rings is 2. The SMILES string of the molecule is C[C@@H]1Cc2cc(CCC(=O)N3CCC[C@H](COc4ccccc4F)C3)ccc2O1. The maximum absolute atomic E-state index is 13.7. The molecule has 2 aromatic carbocycles. The number of aryl methyl sites for hydroxylation is 1. The summed E-state index contributed by atoms with van der Waals surface area (Å²) in [5, 5.41) is 0. The van der Waals surface area contributed by atoms with Gasteiger partial charge in [-0.3, -0.25) is 4.79 Å². The third-order valence-electron chi connectivity index (χ3n) is 5.77. The predicted molar refractivity (Wildman–Crippen MR) is 110 cm³/mol. The lowest BCUT2D eigenvalue weighted by Gasteiger charge is -2.32. The molecule has 1 fully saturated rings. The zero-order valence-electron chi connectivity index (χ0n) is 16.9. The summed E-state index contributed by atoms with van der Waals surface area (Å²) in [6.45, 7) is 3.99. The van der Waals surface area contributed by atoms with Crippen molar-refractivity contribution in [3.05, 3.63) is 59.4 Å². The fraction of sp³-hybridized carbons (Fsp3) is 0.458. The van der Waals surface area contributed by atoms with E-state index in [0.717, 1.165) is 38.0 Å². The van der Waals surface area contributed by atoms with E-state index in [1.807, 2.05) is 11.0 Å². The van der Waals surface area contributed by atoms with E-state index in [2.05, 4.69) is 19.1 Å². The van der Waals surface area contributed by atoms with Gasteiger partial charge < -0.3 is 14.4 Å². The molecule has 5 heteroatoms. The first-order valence-electron chi connectivity index (χ1n) is 10.5. The molecule has 2 aliphatic heterocycles. The minimum absolute atomic E-state index is 0.186. The van der Waals surface area contributed by atoms with Gasteiger partial charge in [0.1, 0.15) is 11.9 Å². The summed E-state index contributed by atoms with van der Waals surface area (Å²) in [5.74, 6) is 1.34. The molecule has 0 aromatic heterocycles. The average molecular weight is 397 g/mol. The molecule has 2 atom stereocenters. The number of carbonyl (C=O) groups excluding carboxylic acids is 1. The molecule has 0 saturated carbocycles. The first-order chi connectivity index (χ1) is 14.1. The maximum Gasteiger partial charge on any atom is 0.222 e. The number of piperidine rings is 1. The maximum atomic E-state index is 13.7. The number of carbonyl (C=O) groups is 1. The molecule has 0 bridgehead atoms. The van der Waals surface area contributed by atoms with Crippen molar-refractivity contribution in [3.8, 4) is 11.5 Å². The lowest BCUT2D eigenvalue weighted by molar-refractivity contribution is -0.133. The number of amides is 1. The molecule has 154 valence electrons. The third kappa shape index (κ3) is 4.89. The zero-order valence-corrected chi connectivity index (χ0v) is 16.9. The lowest BCUT2D eigenvalue weighted by Crippen LogP contribution is -2.41. The van der Waals surface area contributed by atoms with E-state index in [1.54, 1.807) is 18.2 Å².